The fraction of sp³-hybridized carbons (Fsp3) is 0.0800. The molecule has 0 spiro atoms. The lowest BCUT2D eigenvalue weighted by molar-refractivity contribution is 0.0697. The van der Waals surface area contributed by atoms with Gasteiger partial charge in [-0.1, -0.05) is 18.2 Å². The minimum Gasteiger partial charge on any atom is -0.478 e. The standard InChI is InChI=1S/C25H19FN4O2S/c26-18-6-1-2-8-20(18)30-23(22(28-25(30)33)19-7-3-4-14-27-19)21-9-5-15-29(21)17-12-10-16(11-13-17)24(31)32/h1-15,22-23H,(H,28,33)(H,31,32). The highest BCUT2D eigenvalue weighted by atomic mass is 32.1. The van der Waals surface area contributed by atoms with E-state index in [2.05, 4.69) is 10.3 Å². The third-order valence-corrected chi connectivity index (χ3v) is 6.00. The number of anilines is 1. The van der Waals surface area contributed by atoms with Gasteiger partial charge in [0, 0.05) is 23.8 Å². The van der Waals surface area contributed by atoms with E-state index < -0.39 is 12.0 Å². The van der Waals surface area contributed by atoms with E-state index in [-0.39, 0.29) is 17.4 Å². The van der Waals surface area contributed by atoms with E-state index in [1.807, 2.05) is 41.1 Å². The Labute approximate surface area is 194 Å². The number of hydrogen-bond acceptors (Lipinski definition) is 3. The Morgan fingerprint density at radius 1 is 1.00 bits per heavy atom. The van der Waals surface area contributed by atoms with Gasteiger partial charge < -0.3 is 19.9 Å². The van der Waals surface area contributed by atoms with Crippen molar-refractivity contribution in [1.82, 2.24) is 14.9 Å². The highest BCUT2D eigenvalue weighted by Crippen LogP contribution is 2.42. The molecule has 1 aliphatic heterocycles. The van der Waals surface area contributed by atoms with Gasteiger partial charge in [-0.05, 0) is 72.9 Å². The van der Waals surface area contributed by atoms with Crippen LogP contribution in [0.3, 0.4) is 0 Å². The van der Waals surface area contributed by atoms with E-state index in [0.717, 1.165) is 17.1 Å². The highest BCUT2D eigenvalue weighted by molar-refractivity contribution is 7.80. The van der Waals surface area contributed by atoms with E-state index in [0.29, 0.717) is 10.8 Å². The van der Waals surface area contributed by atoms with Crippen LogP contribution in [0.25, 0.3) is 5.69 Å². The summed E-state index contributed by atoms with van der Waals surface area (Å²) in [5.41, 5.74) is 2.98. The van der Waals surface area contributed by atoms with E-state index in [1.54, 1.807) is 53.6 Å². The number of benzene rings is 2. The molecule has 164 valence electrons. The summed E-state index contributed by atoms with van der Waals surface area (Å²) in [6.07, 6.45) is 3.61. The third-order valence-electron chi connectivity index (χ3n) is 5.69. The zero-order chi connectivity index (χ0) is 22.9. The average molecular weight is 459 g/mol. The molecule has 2 aromatic carbocycles. The van der Waals surface area contributed by atoms with Crippen LogP contribution in [-0.4, -0.2) is 25.7 Å². The van der Waals surface area contributed by atoms with Crippen LogP contribution in [0, 0.1) is 5.82 Å². The van der Waals surface area contributed by atoms with Crippen LogP contribution < -0.4 is 10.2 Å². The summed E-state index contributed by atoms with van der Waals surface area (Å²) in [4.78, 5) is 17.6. The number of nitrogens with one attached hydrogen (secondary N) is 1. The summed E-state index contributed by atoms with van der Waals surface area (Å²) in [6, 6.07) is 21.9. The summed E-state index contributed by atoms with van der Waals surface area (Å²) in [6.45, 7) is 0. The molecule has 1 aliphatic rings. The number of hydrogen-bond donors (Lipinski definition) is 2. The number of para-hydroxylation sites is 1. The fourth-order valence-electron chi connectivity index (χ4n) is 4.20. The summed E-state index contributed by atoms with van der Waals surface area (Å²) in [5.74, 6) is -1.36. The predicted octanol–water partition coefficient (Wildman–Crippen LogP) is 4.89. The number of carbonyl (C=O) groups is 1. The van der Waals surface area contributed by atoms with Gasteiger partial charge in [-0.25, -0.2) is 9.18 Å². The second-order valence-electron chi connectivity index (χ2n) is 7.60. The maximum atomic E-state index is 14.9. The lowest BCUT2D eigenvalue weighted by Crippen LogP contribution is -2.31. The minimum atomic E-state index is -0.986. The van der Waals surface area contributed by atoms with Gasteiger partial charge in [-0.2, -0.15) is 0 Å². The summed E-state index contributed by atoms with van der Waals surface area (Å²) in [5, 5.41) is 13.0. The number of carboxylic acids is 1. The smallest absolute Gasteiger partial charge is 0.335 e. The van der Waals surface area contributed by atoms with Crippen molar-refractivity contribution in [1.29, 1.82) is 0 Å². The SMILES string of the molecule is O=C(O)c1ccc(-n2cccc2C2C(c3ccccn3)NC(=S)N2c2ccccc2F)cc1. The van der Waals surface area contributed by atoms with Crippen LogP contribution in [0.4, 0.5) is 10.1 Å². The van der Waals surface area contributed by atoms with Crippen molar-refractivity contribution in [3.63, 3.8) is 0 Å². The molecule has 1 fully saturated rings. The molecule has 4 aromatic rings. The number of halogens is 1. The number of thiocarbonyl (C=S) groups is 1. The number of rotatable bonds is 5. The highest BCUT2D eigenvalue weighted by Gasteiger charge is 2.42. The Balaban J connectivity index is 1.65. The molecule has 1 saturated heterocycles. The molecule has 2 aromatic heterocycles. The molecule has 3 heterocycles. The number of aromatic nitrogens is 2. The van der Waals surface area contributed by atoms with Crippen LogP contribution in [0.2, 0.25) is 0 Å². The monoisotopic (exact) mass is 458 g/mol. The van der Waals surface area contributed by atoms with Crippen molar-refractivity contribution in [3.8, 4) is 5.69 Å². The van der Waals surface area contributed by atoms with Crippen LogP contribution in [0.1, 0.15) is 33.8 Å². The van der Waals surface area contributed by atoms with Gasteiger partial charge in [0.1, 0.15) is 11.9 Å². The van der Waals surface area contributed by atoms with Crippen molar-refractivity contribution >= 4 is 29.0 Å². The van der Waals surface area contributed by atoms with Crippen LogP contribution in [0.5, 0.6) is 0 Å². The Bertz CT molecular complexity index is 1320. The van der Waals surface area contributed by atoms with Crippen molar-refractivity contribution in [2.75, 3.05) is 4.90 Å². The largest absolute Gasteiger partial charge is 0.478 e. The van der Waals surface area contributed by atoms with Crippen molar-refractivity contribution < 1.29 is 14.3 Å². The van der Waals surface area contributed by atoms with Crippen molar-refractivity contribution in [3.05, 3.63) is 114 Å². The van der Waals surface area contributed by atoms with E-state index in [1.165, 1.54) is 6.07 Å². The maximum Gasteiger partial charge on any atom is 0.335 e. The molecule has 8 heteroatoms. The number of nitrogens with zero attached hydrogens (tertiary/aromatic N) is 3. The lowest BCUT2D eigenvalue weighted by atomic mass is 10.0. The normalized spacial score (nSPS) is 17.7. The Kier molecular flexibility index (Phi) is 5.35. The molecule has 0 saturated carbocycles. The van der Waals surface area contributed by atoms with E-state index >= 15 is 0 Å². The molecular weight excluding hydrogens is 439 g/mol. The first-order valence-electron chi connectivity index (χ1n) is 10.3. The van der Waals surface area contributed by atoms with E-state index in [9.17, 15) is 14.3 Å². The number of pyridine rings is 1. The van der Waals surface area contributed by atoms with Crippen LogP contribution in [-0.2, 0) is 0 Å². The first kappa shape index (κ1) is 20.8. The fourth-order valence-corrected chi connectivity index (χ4v) is 4.54. The summed E-state index contributed by atoms with van der Waals surface area (Å²) >= 11 is 5.66. The second kappa shape index (κ2) is 8.48. The molecule has 6 nitrogen and oxygen atoms in total. The van der Waals surface area contributed by atoms with Gasteiger partial charge in [0.15, 0.2) is 5.11 Å². The van der Waals surface area contributed by atoms with Gasteiger partial charge in [-0.3, -0.25) is 4.98 Å². The molecular formula is C25H19FN4O2S. The molecule has 2 atom stereocenters. The van der Waals surface area contributed by atoms with Crippen LogP contribution >= 0.6 is 12.2 Å². The molecule has 2 N–H and O–H groups in total. The van der Waals surface area contributed by atoms with Crippen molar-refractivity contribution in [2.24, 2.45) is 0 Å². The first-order valence-corrected chi connectivity index (χ1v) is 10.7. The molecule has 0 aliphatic carbocycles. The van der Waals surface area contributed by atoms with Gasteiger partial charge in [0.25, 0.3) is 0 Å². The van der Waals surface area contributed by atoms with Gasteiger partial charge in [0.2, 0.25) is 0 Å². The van der Waals surface area contributed by atoms with Crippen LogP contribution in [0.15, 0.2) is 91.3 Å². The quantitative estimate of drug-likeness (QED) is 0.415. The number of aromatic carboxylic acids is 1. The first-order chi connectivity index (χ1) is 16.0. The van der Waals surface area contributed by atoms with Gasteiger partial charge in [-0.15, -0.1) is 0 Å². The average Bonchev–Trinajstić information content (AvgIpc) is 3.44. The summed E-state index contributed by atoms with van der Waals surface area (Å²) in [7, 11) is 0. The summed E-state index contributed by atoms with van der Waals surface area (Å²) < 4.78 is 16.8. The molecule has 0 radical (unpaired) electrons. The molecule has 5 rings (SSSR count). The molecule has 0 amide bonds. The number of carboxylic acid groups (broad SMARTS) is 1. The van der Waals surface area contributed by atoms with Gasteiger partial charge in [0.05, 0.1) is 23.0 Å². The zero-order valence-corrected chi connectivity index (χ0v) is 18.1. The predicted molar refractivity (Wildman–Crippen MR) is 127 cm³/mol. The Hall–Kier alpha value is -4.04. The zero-order valence-electron chi connectivity index (χ0n) is 17.3. The second-order valence-corrected chi connectivity index (χ2v) is 7.99. The molecule has 0 bridgehead atoms. The van der Waals surface area contributed by atoms with Crippen molar-refractivity contribution in [2.45, 2.75) is 12.1 Å². The van der Waals surface area contributed by atoms with Gasteiger partial charge >= 0.3 is 5.97 Å². The maximum absolute atomic E-state index is 14.9. The topological polar surface area (TPSA) is 70.4 Å². The minimum absolute atomic E-state index is 0.204. The Morgan fingerprint density at radius 3 is 2.45 bits per heavy atom. The molecule has 33 heavy (non-hydrogen) atoms. The molecule has 2 unspecified atom stereocenters. The lowest BCUT2D eigenvalue weighted by Gasteiger charge is -2.29. The third kappa shape index (κ3) is 3.74. The van der Waals surface area contributed by atoms with E-state index in [4.69, 9.17) is 12.2 Å². The Morgan fingerprint density at radius 2 is 1.76 bits per heavy atom.